The van der Waals surface area contributed by atoms with E-state index in [2.05, 4.69) is 9.97 Å². The van der Waals surface area contributed by atoms with Gasteiger partial charge in [0.15, 0.2) is 11.6 Å². The number of anilines is 1. The Morgan fingerprint density at radius 2 is 1.74 bits per heavy atom. The molecule has 0 aliphatic rings. The molecule has 0 saturated heterocycles. The Balaban J connectivity index is 2.26. The molecule has 0 radical (unpaired) electrons. The van der Waals surface area contributed by atoms with Crippen LogP contribution in [0.3, 0.4) is 0 Å². The summed E-state index contributed by atoms with van der Waals surface area (Å²) in [4.78, 5) is 18.9. The summed E-state index contributed by atoms with van der Waals surface area (Å²) in [6, 6.07) is 0.901. The third kappa shape index (κ3) is 3.00. The Labute approximate surface area is 110 Å². The Morgan fingerprint density at radius 3 is 2.26 bits per heavy atom. The standard InChI is InChI=1S/C11H5ClF3N3O/c12-9-4-16-8(3-17-9)11(19)18-10-6(14)1-5(13)2-7(10)15/h1-4H,(H,18,19). The lowest BCUT2D eigenvalue weighted by Gasteiger charge is -2.07. The summed E-state index contributed by atoms with van der Waals surface area (Å²) in [5.41, 5.74) is -0.948. The molecular formula is C11H5ClF3N3O. The van der Waals surface area contributed by atoms with Crippen molar-refractivity contribution in [3.05, 3.63) is 52.8 Å². The first-order valence-electron chi connectivity index (χ1n) is 4.91. The molecule has 8 heteroatoms. The summed E-state index contributed by atoms with van der Waals surface area (Å²) in [7, 11) is 0. The molecule has 98 valence electrons. The predicted octanol–water partition coefficient (Wildman–Crippen LogP) is 2.80. The fourth-order valence-corrected chi connectivity index (χ4v) is 1.37. The molecule has 1 amide bonds. The van der Waals surface area contributed by atoms with E-state index < -0.39 is 29.0 Å². The molecule has 0 saturated carbocycles. The zero-order chi connectivity index (χ0) is 14.0. The Kier molecular flexibility index (Phi) is 3.66. The minimum absolute atomic E-state index is 0.0655. The number of amides is 1. The molecule has 1 heterocycles. The topological polar surface area (TPSA) is 54.9 Å². The third-order valence-corrected chi connectivity index (χ3v) is 2.29. The smallest absolute Gasteiger partial charge is 0.276 e. The molecule has 1 aromatic carbocycles. The van der Waals surface area contributed by atoms with Crippen molar-refractivity contribution < 1.29 is 18.0 Å². The van der Waals surface area contributed by atoms with Gasteiger partial charge in [0.2, 0.25) is 0 Å². The number of benzene rings is 1. The summed E-state index contributed by atoms with van der Waals surface area (Å²) in [6.45, 7) is 0. The molecule has 2 rings (SSSR count). The Hall–Kier alpha value is -2.15. The van der Waals surface area contributed by atoms with Gasteiger partial charge >= 0.3 is 0 Å². The van der Waals surface area contributed by atoms with Crippen molar-refractivity contribution in [3.8, 4) is 0 Å². The summed E-state index contributed by atoms with van der Waals surface area (Å²) in [5, 5.41) is 2.01. The molecule has 0 spiro atoms. The highest BCUT2D eigenvalue weighted by Crippen LogP contribution is 2.20. The predicted molar refractivity (Wildman–Crippen MR) is 61.3 cm³/mol. The van der Waals surface area contributed by atoms with Gasteiger partial charge in [-0.1, -0.05) is 11.6 Å². The maximum atomic E-state index is 13.3. The zero-order valence-corrected chi connectivity index (χ0v) is 9.88. The van der Waals surface area contributed by atoms with E-state index in [1.165, 1.54) is 0 Å². The second-order valence-corrected chi connectivity index (χ2v) is 3.81. The molecule has 2 aromatic rings. The van der Waals surface area contributed by atoms with Gasteiger partial charge < -0.3 is 5.32 Å². The number of nitrogens with one attached hydrogen (secondary N) is 1. The first-order chi connectivity index (χ1) is 8.97. The normalized spacial score (nSPS) is 10.3. The molecule has 0 bridgehead atoms. The van der Waals surface area contributed by atoms with Crippen molar-refractivity contribution in [2.75, 3.05) is 5.32 Å². The van der Waals surface area contributed by atoms with E-state index in [9.17, 15) is 18.0 Å². The maximum Gasteiger partial charge on any atom is 0.276 e. The van der Waals surface area contributed by atoms with Crippen molar-refractivity contribution >= 4 is 23.2 Å². The highest BCUT2D eigenvalue weighted by Gasteiger charge is 2.16. The van der Waals surface area contributed by atoms with Crippen molar-refractivity contribution in [2.45, 2.75) is 0 Å². The molecule has 0 aliphatic carbocycles. The molecule has 1 N–H and O–H groups in total. The van der Waals surface area contributed by atoms with Crippen molar-refractivity contribution in [3.63, 3.8) is 0 Å². The summed E-state index contributed by atoms with van der Waals surface area (Å²) >= 11 is 5.48. The van der Waals surface area contributed by atoms with Crippen LogP contribution < -0.4 is 5.32 Å². The van der Waals surface area contributed by atoms with Crippen LogP contribution in [-0.4, -0.2) is 15.9 Å². The lowest BCUT2D eigenvalue weighted by molar-refractivity contribution is 0.102. The van der Waals surface area contributed by atoms with Crippen LogP contribution in [-0.2, 0) is 0 Å². The summed E-state index contributed by atoms with van der Waals surface area (Å²) in [6.07, 6.45) is 2.14. The van der Waals surface area contributed by atoms with E-state index in [4.69, 9.17) is 11.6 Å². The van der Waals surface area contributed by atoms with Gasteiger partial charge in [-0.2, -0.15) is 0 Å². The van der Waals surface area contributed by atoms with E-state index in [0.29, 0.717) is 12.1 Å². The lowest BCUT2D eigenvalue weighted by Crippen LogP contribution is -2.16. The van der Waals surface area contributed by atoms with E-state index in [0.717, 1.165) is 12.4 Å². The molecule has 19 heavy (non-hydrogen) atoms. The maximum absolute atomic E-state index is 13.3. The zero-order valence-electron chi connectivity index (χ0n) is 9.12. The second-order valence-electron chi connectivity index (χ2n) is 3.42. The number of nitrogens with zero attached hydrogens (tertiary/aromatic N) is 2. The SMILES string of the molecule is O=C(Nc1c(F)cc(F)cc1F)c1cnc(Cl)cn1. The van der Waals surface area contributed by atoms with Gasteiger partial charge in [0, 0.05) is 12.1 Å². The molecule has 4 nitrogen and oxygen atoms in total. The van der Waals surface area contributed by atoms with Gasteiger partial charge in [0.1, 0.15) is 22.4 Å². The van der Waals surface area contributed by atoms with E-state index in [-0.39, 0.29) is 10.8 Å². The largest absolute Gasteiger partial charge is 0.316 e. The number of carbonyl (C=O) groups excluding carboxylic acids is 1. The fraction of sp³-hybridized carbons (Fsp3) is 0. The highest BCUT2D eigenvalue weighted by atomic mass is 35.5. The van der Waals surface area contributed by atoms with Gasteiger partial charge in [-0.05, 0) is 0 Å². The van der Waals surface area contributed by atoms with Crippen molar-refractivity contribution in [1.29, 1.82) is 0 Å². The molecule has 0 fully saturated rings. The molecule has 0 aliphatic heterocycles. The van der Waals surface area contributed by atoms with Gasteiger partial charge in [0.25, 0.3) is 5.91 Å². The summed E-state index contributed by atoms with van der Waals surface area (Å²) < 4.78 is 39.3. The second kappa shape index (κ2) is 5.23. The van der Waals surface area contributed by atoms with Crippen molar-refractivity contribution in [2.24, 2.45) is 0 Å². The molecular weight excluding hydrogens is 283 g/mol. The van der Waals surface area contributed by atoms with E-state index in [1.54, 1.807) is 0 Å². The third-order valence-electron chi connectivity index (χ3n) is 2.10. The van der Waals surface area contributed by atoms with Crippen LogP contribution in [0, 0.1) is 17.5 Å². The number of rotatable bonds is 2. The van der Waals surface area contributed by atoms with Crippen LogP contribution >= 0.6 is 11.6 Å². The minimum Gasteiger partial charge on any atom is -0.316 e. The molecule has 1 aromatic heterocycles. The molecule has 0 unspecified atom stereocenters. The lowest BCUT2D eigenvalue weighted by atomic mass is 10.2. The van der Waals surface area contributed by atoms with E-state index >= 15 is 0 Å². The monoisotopic (exact) mass is 287 g/mol. The van der Waals surface area contributed by atoms with Crippen LogP contribution in [0.1, 0.15) is 10.5 Å². The first-order valence-corrected chi connectivity index (χ1v) is 5.28. The fourth-order valence-electron chi connectivity index (χ4n) is 1.27. The van der Waals surface area contributed by atoms with Crippen LogP contribution in [0.25, 0.3) is 0 Å². The number of aromatic nitrogens is 2. The minimum atomic E-state index is -1.23. The van der Waals surface area contributed by atoms with Crippen LogP contribution in [0.15, 0.2) is 24.5 Å². The van der Waals surface area contributed by atoms with Crippen LogP contribution in [0.4, 0.5) is 18.9 Å². The first kappa shape index (κ1) is 13.3. The average Bonchev–Trinajstić information content (AvgIpc) is 2.34. The average molecular weight is 288 g/mol. The summed E-state index contributed by atoms with van der Waals surface area (Å²) in [5.74, 6) is -4.44. The Bertz CT molecular complexity index is 611. The van der Waals surface area contributed by atoms with Crippen LogP contribution in [0.5, 0.6) is 0 Å². The highest BCUT2D eigenvalue weighted by molar-refractivity contribution is 6.29. The quantitative estimate of drug-likeness (QED) is 0.924. The molecule has 0 atom stereocenters. The van der Waals surface area contributed by atoms with Gasteiger partial charge in [0.05, 0.1) is 12.4 Å². The van der Waals surface area contributed by atoms with E-state index in [1.807, 2.05) is 5.32 Å². The van der Waals surface area contributed by atoms with Crippen molar-refractivity contribution in [1.82, 2.24) is 9.97 Å². The van der Waals surface area contributed by atoms with Gasteiger partial charge in [-0.3, -0.25) is 4.79 Å². The van der Waals surface area contributed by atoms with Gasteiger partial charge in [-0.15, -0.1) is 0 Å². The van der Waals surface area contributed by atoms with Crippen LogP contribution in [0.2, 0.25) is 5.15 Å². The number of carbonyl (C=O) groups is 1. The number of hydrogen-bond donors (Lipinski definition) is 1. The number of hydrogen-bond acceptors (Lipinski definition) is 3. The Morgan fingerprint density at radius 1 is 1.11 bits per heavy atom. The number of halogens is 4. The van der Waals surface area contributed by atoms with Gasteiger partial charge in [-0.25, -0.2) is 23.1 Å².